The lowest BCUT2D eigenvalue weighted by molar-refractivity contribution is -0.292. The van der Waals surface area contributed by atoms with Gasteiger partial charge in [0.1, 0.15) is 18.3 Å². The molecule has 36 heavy (non-hydrogen) atoms. The summed E-state index contributed by atoms with van der Waals surface area (Å²) in [5.41, 5.74) is 1.21. The number of rotatable bonds is 8. The van der Waals surface area contributed by atoms with Gasteiger partial charge in [-0.3, -0.25) is 5.32 Å². The Kier molecular flexibility index (Phi) is 9.49. The first-order valence-corrected chi connectivity index (χ1v) is 11.4. The molecule has 0 bridgehead atoms. The Morgan fingerprint density at radius 2 is 1.50 bits per heavy atom. The Labute approximate surface area is 208 Å². The summed E-state index contributed by atoms with van der Waals surface area (Å²) in [6, 6.07) is 11.7. The van der Waals surface area contributed by atoms with E-state index in [1.807, 2.05) is 6.92 Å². The first-order chi connectivity index (χ1) is 17.2. The molecule has 0 saturated carbocycles. The van der Waals surface area contributed by atoms with Gasteiger partial charge in [-0.2, -0.15) is 13.2 Å². The molecule has 0 spiro atoms. The number of methoxy groups -OCH3 is 2. The van der Waals surface area contributed by atoms with E-state index in [2.05, 4.69) is 5.32 Å². The van der Waals surface area contributed by atoms with Gasteiger partial charge < -0.3 is 23.7 Å². The van der Waals surface area contributed by atoms with Gasteiger partial charge in [0, 0.05) is 26.5 Å². The number of ether oxygens (including phenoxy) is 5. The summed E-state index contributed by atoms with van der Waals surface area (Å²) >= 11 is 0. The number of alkyl halides is 3. The maximum atomic E-state index is 12.7. The summed E-state index contributed by atoms with van der Waals surface area (Å²) in [4.78, 5) is 12.5. The molecule has 1 saturated heterocycles. The molecule has 3 rings (SSSR count). The largest absolute Gasteiger partial charge is 0.416 e. The van der Waals surface area contributed by atoms with Crippen molar-refractivity contribution in [1.82, 2.24) is 0 Å². The number of halogens is 3. The number of anilines is 1. The Balaban J connectivity index is 1.59. The van der Waals surface area contributed by atoms with E-state index in [9.17, 15) is 18.0 Å². The van der Waals surface area contributed by atoms with Crippen LogP contribution in [0, 0.1) is 0 Å². The summed E-state index contributed by atoms with van der Waals surface area (Å²) in [6.45, 7) is 4.08. The lowest BCUT2D eigenvalue weighted by atomic mass is 9.99. The number of hydrogen-bond donors (Lipinski definition) is 1. The molecule has 0 radical (unpaired) electrons. The summed E-state index contributed by atoms with van der Waals surface area (Å²) < 4.78 is 66.1. The van der Waals surface area contributed by atoms with Crippen LogP contribution in [0.4, 0.5) is 23.7 Å². The van der Waals surface area contributed by atoms with Gasteiger partial charge in [0.25, 0.3) is 0 Å². The highest BCUT2D eigenvalue weighted by atomic mass is 19.4. The van der Waals surface area contributed by atoms with E-state index in [1.165, 1.54) is 19.2 Å². The number of carbonyl (C=O) groups is 1. The van der Waals surface area contributed by atoms with Crippen LogP contribution in [0.2, 0.25) is 0 Å². The first-order valence-electron chi connectivity index (χ1n) is 11.4. The van der Waals surface area contributed by atoms with Crippen LogP contribution < -0.4 is 5.32 Å². The minimum absolute atomic E-state index is 0.388. The molecule has 0 aromatic heterocycles. The number of benzene rings is 2. The summed E-state index contributed by atoms with van der Waals surface area (Å²) in [5, 5.41) is 2.64. The third-order valence-corrected chi connectivity index (χ3v) is 5.72. The summed E-state index contributed by atoms with van der Waals surface area (Å²) in [7, 11) is 3.04. The van der Waals surface area contributed by atoms with Crippen molar-refractivity contribution in [3.8, 4) is 0 Å². The Hall–Kier alpha value is -2.92. The summed E-state index contributed by atoms with van der Waals surface area (Å²) in [5.74, 6) is 0. The fourth-order valence-electron chi connectivity index (χ4n) is 3.93. The van der Waals surface area contributed by atoms with Crippen LogP contribution in [0.1, 0.15) is 30.5 Å². The predicted molar refractivity (Wildman–Crippen MR) is 128 cm³/mol. The maximum Gasteiger partial charge on any atom is 0.416 e. The standard InChI is InChI=1S/C26H30F3NO6/c1-5-34-22-21(32-3)16(2)35-24(23(22)33-4)36-25(31)30-20-14-10-18(11-15-20)7-6-17-8-12-19(13-9-17)26(27,28)29/h6-16,21-24H,5H2,1-4H3,(H,30,31)/t16-,21-,22+,23+,24-/m0/s1. The zero-order valence-electron chi connectivity index (χ0n) is 20.5. The molecule has 1 aliphatic rings. The molecule has 1 N–H and O–H groups in total. The molecular formula is C26H30F3NO6. The normalized spacial score (nSPS) is 24.6. The van der Waals surface area contributed by atoms with Crippen LogP contribution in [0.3, 0.4) is 0 Å². The van der Waals surface area contributed by atoms with Crippen molar-refractivity contribution in [1.29, 1.82) is 0 Å². The second-order valence-electron chi connectivity index (χ2n) is 8.14. The molecule has 10 heteroatoms. The van der Waals surface area contributed by atoms with Gasteiger partial charge in [-0.1, -0.05) is 36.4 Å². The highest BCUT2D eigenvalue weighted by Crippen LogP contribution is 2.30. The van der Waals surface area contributed by atoms with Gasteiger partial charge in [-0.05, 0) is 49.2 Å². The van der Waals surface area contributed by atoms with Crippen molar-refractivity contribution in [2.75, 3.05) is 26.1 Å². The van der Waals surface area contributed by atoms with Crippen molar-refractivity contribution in [2.24, 2.45) is 0 Å². The summed E-state index contributed by atoms with van der Waals surface area (Å²) in [6.07, 6.45) is -4.59. The molecule has 1 fully saturated rings. The van der Waals surface area contributed by atoms with Gasteiger partial charge in [0.15, 0.2) is 0 Å². The zero-order chi connectivity index (χ0) is 26.3. The number of hydrogen-bond acceptors (Lipinski definition) is 6. The molecular weight excluding hydrogens is 479 g/mol. The first kappa shape index (κ1) is 27.7. The van der Waals surface area contributed by atoms with Gasteiger partial charge in [0.2, 0.25) is 6.29 Å². The van der Waals surface area contributed by atoms with Gasteiger partial charge in [0.05, 0.1) is 11.7 Å². The fourth-order valence-corrected chi connectivity index (χ4v) is 3.93. The molecule has 1 heterocycles. The molecule has 2 aromatic rings. The fraction of sp³-hybridized carbons (Fsp3) is 0.423. The smallest absolute Gasteiger partial charge is 0.416 e. The van der Waals surface area contributed by atoms with Gasteiger partial charge >= 0.3 is 12.3 Å². The minimum Gasteiger partial charge on any atom is -0.416 e. The molecule has 1 aliphatic heterocycles. The van der Waals surface area contributed by atoms with E-state index >= 15 is 0 Å². The number of amides is 1. The van der Waals surface area contributed by atoms with Crippen molar-refractivity contribution in [3.63, 3.8) is 0 Å². The van der Waals surface area contributed by atoms with E-state index in [0.29, 0.717) is 17.9 Å². The molecule has 0 aliphatic carbocycles. The Morgan fingerprint density at radius 3 is 2.00 bits per heavy atom. The lowest BCUT2D eigenvalue weighted by Crippen LogP contribution is -2.60. The molecule has 0 unspecified atom stereocenters. The van der Waals surface area contributed by atoms with Crippen LogP contribution in [0.25, 0.3) is 12.2 Å². The topological polar surface area (TPSA) is 75.2 Å². The second-order valence-corrected chi connectivity index (χ2v) is 8.14. The third kappa shape index (κ3) is 7.07. The molecule has 2 aromatic carbocycles. The monoisotopic (exact) mass is 509 g/mol. The lowest BCUT2D eigenvalue weighted by Gasteiger charge is -2.43. The molecule has 5 atom stereocenters. The average molecular weight is 510 g/mol. The molecule has 1 amide bonds. The Bertz CT molecular complexity index is 1010. The van der Waals surface area contributed by atoms with E-state index in [0.717, 1.165) is 17.7 Å². The second kappa shape index (κ2) is 12.4. The van der Waals surface area contributed by atoms with E-state index in [-0.39, 0.29) is 6.10 Å². The molecule has 196 valence electrons. The zero-order valence-corrected chi connectivity index (χ0v) is 20.5. The van der Waals surface area contributed by atoms with Crippen LogP contribution >= 0.6 is 0 Å². The SMILES string of the molecule is CCO[C@@H]1[C@@H](OC)[C@H](C)O[C@@H](OC(=O)Nc2ccc(C=Cc3ccc(C(F)(F)F)cc3)cc2)[C@@H]1OC. The van der Waals surface area contributed by atoms with Gasteiger partial charge in [-0.15, -0.1) is 0 Å². The van der Waals surface area contributed by atoms with Crippen LogP contribution in [0.5, 0.6) is 0 Å². The minimum atomic E-state index is -4.37. The third-order valence-electron chi connectivity index (χ3n) is 5.72. The number of nitrogens with one attached hydrogen (secondary N) is 1. The van der Waals surface area contributed by atoms with Crippen molar-refractivity contribution < 1.29 is 41.7 Å². The van der Waals surface area contributed by atoms with E-state index < -0.39 is 42.4 Å². The van der Waals surface area contributed by atoms with Crippen molar-refractivity contribution in [2.45, 2.75) is 50.7 Å². The van der Waals surface area contributed by atoms with Crippen molar-refractivity contribution in [3.05, 3.63) is 65.2 Å². The van der Waals surface area contributed by atoms with Crippen LogP contribution in [0.15, 0.2) is 48.5 Å². The highest BCUT2D eigenvalue weighted by Gasteiger charge is 2.47. The predicted octanol–water partition coefficient (Wildman–Crippen LogP) is 5.60. The van der Waals surface area contributed by atoms with Crippen molar-refractivity contribution >= 4 is 23.9 Å². The molecule has 7 nitrogen and oxygen atoms in total. The highest BCUT2D eigenvalue weighted by molar-refractivity contribution is 5.85. The van der Waals surface area contributed by atoms with E-state index in [1.54, 1.807) is 50.5 Å². The van der Waals surface area contributed by atoms with Crippen LogP contribution in [-0.4, -0.2) is 57.6 Å². The number of carbonyl (C=O) groups excluding carboxylic acids is 1. The quantitative estimate of drug-likeness (QED) is 0.467. The van der Waals surface area contributed by atoms with E-state index in [4.69, 9.17) is 23.7 Å². The van der Waals surface area contributed by atoms with Crippen LogP contribution in [-0.2, 0) is 29.9 Å². The van der Waals surface area contributed by atoms with Gasteiger partial charge in [-0.25, -0.2) is 4.79 Å². The maximum absolute atomic E-state index is 12.7. The average Bonchev–Trinajstić information content (AvgIpc) is 2.84. The Morgan fingerprint density at radius 1 is 0.944 bits per heavy atom.